The third-order valence-corrected chi connectivity index (χ3v) is 3.28. The number of benzene rings is 1. The van der Waals surface area contributed by atoms with Crippen LogP contribution in [-0.2, 0) is 9.53 Å². The van der Waals surface area contributed by atoms with Gasteiger partial charge in [-0.1, -0.05) is 17.7 Å². The smallest absolute Gasteiger partial charge is 0.333 e. The van der Waals surface area contributed by atoms with Gasteiger partial charge in [0, 0.05) is 17.0 Å². The van der Waals surface area contributed by atoms with E-state index in [1.165, 1.54) is 31.2 Å². The van der Waals surface area contributed by atoms with Crippen LogP contribution in [0, 0.1) is 5.82 Å². The van der Waals surface area contributed by atoms with E-state index >= 15 is 0 Å². The number of allylic oxidation sites excluding steroid dienone is 2. The van der Waals surface area contributed by atoms with Gasteiger partial charge in [-0.3, -0.25) is 4.72 Å². The third-order valence-electron chi connectivity index (χ3n) is 2.48. The van der Waals surface area contributed by atoms with Gasteiger partial charge >= 0.3 is 5.97 Å². The van der Waals surface area contributed by atoms with E-state index in [-0.39, 0.29) is 11.8 Å². The van der Waals surface area contributed by atoms with Crippen molar-refractivity contribution >= 4 is 17.9 Å². The highest BCUT2D eigenvalue weighted by Gasteiger charge is 2.00. The molecule has 0 aliphatic heterocycles. The Hall–Kier alpha value is -1.59. The lowest BCUT2D eigenvalue weighted by atomic mass is 10.2. The fourth-order valence-corrected chi connectivity index (χ4v) is 2.03. The van der Waals surface area contributed by atoms with E-state index in [9.17, 15) is 9.18 Å². The zero-order valence-corrected chi connectivity index (χ0v) is 12.6. The van der Waals surface area contributed by atoms with Crippen LogP contribution in [0.1, 0.15) is 13.8 Å². The molecule has 0 atom stereocenters. The van der Waals surface area contributed by atoms with E-state index in [0.29, 0.717) is 12.1 Å². The summed E-state index contributed by atoms with van der Waals surface area (Å²) >= 11 is 1.43. The van der Waals surface area contributed by atoms with Crippen molar-refractivity contribution in [2.75, 3.05) is 13.7 Å². The molecule has 1 N–H and O–H groups in total. The average molecular weight is 295 g/mol. The quantitative estimate of drug-likeness (QED) is 0.377. The summed E-state index contributed by atoms with van der Waals surface area (Å²) < 4.78 is 20.5. The number of carbonyl (C=O) groups is 1. The Kier molecular flexibility index (Phi) is 7.04. The summed E-state index contributed by atoms with van der Waals surface area (Å²) in [4.78, 5) is 12.1. The fourth-order valence-electron chi connectivity index (χ4n) is 1.29. The molecule has 0 radical (unpaired) electrons. The van der Waals surface area contributed by atoms with E-state index in [0.717, 1.165) is 10.5 Å². The Morgan fingerprint density at radius 2 is 1.95 bits per heavy atom. The van der Waals surface area contributed by atoms with Gasteiger partial charge in [0.25, 0.3) is 0 Å². The maximum absolute atomic E-state index is 12.7. The minimum Gasteiger partial charge on any atom is -0.466 e. The standard InChI is InChI=1S/C15H18FNO2S/c1-11(4-5-12(2)15(18)19-3)10-17-20-14-8-6-13(16)7-9-14/h4-9,17H,10H2,1-3H3/b11-4+,12-5+. The maximum atomic E-state index is 12.7. The van der Waals surface area contributed by atoms with Crippen LogP contribution >= 0.6 is 11.9 Å². The van der Waals surface area contributed by atoms with Gasteiger partial charge in [-0.05, 0) is 50.1 Å². The highest BCUT2D eigenvalue weighted by Crippen LogP contribution is 2.14. The lowest BCUT2D eigenvalue weighted by Gasteiger charge is -2.04. The molecule has 0 spiro atoms. The molecular weight excluding hydrogens is 277 g/mol. The minimum absolute atomic E-state index is 0.242. The number of hydrogen-bond donors (Lipinski definition) is 1. The molecule has 0 saturated heterocycles. The Morgan fingerprint density at radius 3 is 2.55 bits per heavy atom. The van der Waals surface area contributed by atoms with Gasteiger partial charge in [0.1, 0.15) is 5.82 Å². The van der Waals surface area contributed by atoms with Gasteiger partial charge in [0.2, 0.25) is 0 Å². The summed E-state index contributed by atoms with van der Waals surface area (Å²) in [6.07, 6.45) is 3.59. The fraction of sp³-hybridized carbons (Fsp3) is 0.267. The van der Waals surface area contributed by atoms with E-state index in [1.807, 2.05) is 13.0 Å². The molecule has 5 heteroatoms. The second kappa shape index (κ2) is 8.55. The number of ether oxygens (including phenoxy) is 1. The van der Waals surface area contributed by atoms with Gasteiger partial charge in [0.15, 0.2) is 0 Å². The van der Waals surface area contributed by atoms with E-state index in [4.69, 9.17) is 0 Å². The van der Waals surface area contributed by atoms with Crippen molar-refractivity contribution in [1.82, 2.24) is 4.72 Å². The van der Waals surface area contributed by atoms with E-state index in [2.05, 4.69) is 9.46 Å². The zero-order chi connectivity index (χ0) is 15.0. The molecule has 20 heavy (non-hydrogen) atoms. The van der Waals surface area contributed by atoms with Crippen LogP contribution in [0.2, 0.25) is 0 Å². The highest BCUT2D eigenvalue weighted by atomic mass is 32.2. The monoisotopic (exact) mass is 295 g/mol. The first-order valence-corrected chi connectivity index (χ1v) is 6.92. The Balaban J connectivity index is 2.41. The zero-order valence-electron chi connectivity index (χ0n) is 11.8. The average Bonchev–Trinajstić information content (AvgIpc) is 2.46. The summed E-state index contributed by atoms with van der Waals surface area (Å²) in [5.41, 5.74) is 1.63. The molecule has 0 fully saturated rings. The van der Waals surface area contributed by atoms with Crippen LogP contribution < -0.4 is 4.72 Å². The predicted molar refractivity (Wildman–Crippen MR) is 79.8 cm³/mol. The topological polar surface area (TPSA) is 38.3 Å². The van der Waals surface area contributed by atoms with Crippen molar-refractivity contribution in [3.8, 4) is 0 Å². The molecule has 0 aliphatic carbocycles. The van der Waals surface area contributed by atoms with Crippen LogP contribution in [0.5, 0.6) is 0 Å². The number of methoxy groups -OCH3 is 1. The molecule has 3 nitrogen and oxygen atoms in total. The summed E-state index contributed by atoms with van der Waals surface area (Å²) in [7, 11) is 1.36. The summed E-state index contributed by atoms with van der Waals surface area (Å²) in [5.74, 6) is -0.573. The molecule has 0 aromatic heterocycles. The molecular formula is C15H18FNO2S. The van der Waals surface area contributed by atoms with Gasteiger partial charge in [-0.15, -0.1) is 0 Å². The maximum Gasteiger partial charge on any atom is 0.333 e. The Bertz CT molecular complexity index is 509. The second-order valence-electron chi connectivity index (χ2n) is 4.23. The van der Waals surface area contributed by atoms with E-state index in [1.54, 1.807) is 25.1 Å². The van der Waals surface area contributed by atoms with Gasteiger partial charge in [-0.25, -0.2) is 9.18 Å². The van der Waals surface area contributed by atoms with Gasteiger partial charge < -0.3 is 4.74 Å². The van der Waals surface area contributed by atoms with Crippen LogP contribution in [-0.4, -0.2) is 19.6 Å². The largest absolute Gasteiger partial charge is 0.466 e. The Labute approximate surface area is 123 Å². The van der Waals surface area contributed by atoms with Crippen LogP contribution in [0.25, 0.3) is 0 Å². The SMILES string of the molecule is COC(=O)/C(C)=C/C=C(\C)CNSc1ccc(F)cc1. The van der Waals surface area contributed by atoms with Crippen molar-refractivity contribution in [3.63, 3.8) is 0 Å². The van der Waals surface area contributed by atoms with Crippen LogP contribution in [0.4, 0.5) is 4.39 Å². The Morgan fingerprint density at radius 1 is 1.30 bits per heavy atom. The molecule has 0 amide bonds. The van der Waals surface area contributed by atoms with Crippen LogP contribution in [0.3, 0.4) is 0 Å². The van der Waals surface area contributed by atoms with Crippen molar-refractivity contribution in [1.29, 1.82) is 0 Å². The van der Waals surface area contributed by atoms with Crippen molar-refractivity contribution in [2.45, 2.75) is 18.7 Å². The van der Waals surface area contributed by atoms with Crippen molar-refractivity contribution in [2.24, 2.45) is 0 Å². The minimum atomic E-state index is -0.331. The molecule has 1 rings (SSSR count). The molecule has 1 aromatic carbocycles. The summed E-state index contributed by atoms with van der Waals surface area (Å²) in [5, 5.41) is 0. The lowest BCUT2D eigenvalue weighted by molar-refractivity contribution is -0.136. The molecule has 1 aromatic rings. The number of hydrogen-bond acceptors (Lipinski definition) is 4. The van der Waals surface area contributed by atoms with Gasteiger partial charge in [0.05, 0.1) is 7.11 Å². The second-order valence-corrected chi connectivity index (χ2v) is 5.20. The molecule has 0 aliphatic rings. The van der Waals surface area contributed by atoms with Crippen molar-refractivity contribution < 1.29 is 13.9 Å². The molecule has 0 heterocycles. The number of nitrogens with one attached hydrogen (secondary N) is 1. The molecule has 0 saturated carbocycles. The number of rotatable bonds is 6. The third kappa shape index (κ3) is 6.04. The van der Waals surface area contributed by atoms with Crippen LogP contribution in [0.15, 0.2) is 52.5 Å². The van der Waals surface area contributed by atoms with Crippen molar-refractivity contribution in [3.05, 3.63) is 53.4 Å². The molecule has 0 unspecified atom stereocenters. The number of halogens is 1. The summed E-state index contributed by atoms with van der Waals surface area (Å²) in [6.45, 7) is 4.32. The normalized spacial score (nSPS) is 12.4. The number of carbonyl (C=O) groups excluding carboxylic acids is 1. The van der Waals surface area contributed by atoms with E-state index < -0.39 is 0 Å². The molecule has 108 valence electrons. The summed E-state index contributed by atoms with van der Waals surface area (Å²) in [6, 6.07) is 6.28. The number of esters is 1. The molecule has 0 bridgehead atoms. The first-order valence-electron chi connectivity index (χ1n) is 6.10. The first kappa shape index (κ1) is 16.5. The van der Waals surface area contributed by atoms with Gasteiger partial charge in [-0.2, -0.15) is 0 Å². The highest BCUT2D eigenvalue weighted by molar-refractivity contribution is 7.97. The first-order chi connectivity index (χ1) is 9.52. The lowest BCUT2D eigenvalue weighted by Crippen LogP contribution is -2.06. The predicted octanol–water partition coefficient (Wildman–Crippen LogP) is 3.49.